The van der Waals surface area contributed by atoms with Gasteiger partial charge in [0, 0.05) is 25.1 Å². The third-order valence-electron chi connectivity index (χ3n) is 2.48. The van der Waals surface area contributed by atoms with Crippen molar-refractivity contribution in [1.82, 2.24) is 4.98 Å². The molecule has 0 unspecified atom stereocenters. The van der Waals surface area contributed by atoms with E-state index in [9.17, 15) is 4.79 Å². The Morgan fingerprint density at radius 2 is 2.50 bits per heavy atom. The number of aromatic nitrogens is 1. The van der Waals surface area contributed by atoms with Crippen LogP contribution >= 0.6 is 11.3 Å². The number of ether oxygens (including phenoxy) is 1. The fraction of sp³-hybridized carbons (Fsp3) is 0.600. The van der Waals surface area contributed by atoms with Crippen molar-refractivity contribution < 1.29 is 14.6 Å². The predicted octanol–water partition coefficient (Wildman–Crippen LogP) is 1.46. The summed E-state index contributed by atoms with van der Waals surface area (Å²) < 4.78 is 5.04. The van der Waals surface area contributed by atoms with Gasteiger partial charge in [0.1, 0.15) is 0 Å². The molecule has 1 aromatic rings. The standard InChI is InChI=1S/C10H14N2O3S/c1-15-5-4-12(7-2-3-7)10-11-8(6-16-10)9(13)14/h6-7H,2-5H2,1H3,(H,13,14). The van der Waals surface area contributed by atoms with Crippen LogP contribution in [-0.2, 0) is 4.74 Å². The lowest BCUT2D eigenvalue weighted by Gasteiger charge is -2.20. The van der Waals surface area contributed by atoms with E-state index in [4.69, 9.17) is 9.84 Å². The Hall–Kier alpha value is -1.14. The number of thiazole rings is 1. The maximum absolute atomic E-state index is 10.7. The molecule has 1 N–H and O–H groups in total. The Labute approximate surface area is 97.7 Å². The van der Waals surface area contributed by atoms with Crippen molar-refractivity contribution in [2.24, 2.45) is 0 Å². The molecular formula is C10H14N2O3S. The van der Waals surface area contributed by atoms with Gasteiger partial charge in [-0.15, -0.1) is 11.3 Å². The number of aromatic carboxylic acids is 1. The largest absolute Gasteiger partial charge is 0.476 e. The van der Waals surface area contributed by atoms with Crippen molar-refractivity contribution in [3.05, 3.63) is 11.1 Å². The number of carbonyl (C=O) groups is 1. The van der Waals surface area contributed by atoms with E-state index < -0.39 is 5.97 Å². The van der Waals surface area contributed by atoms with E-state index in [-0.39, 0.29) is 5.69 Å². The molecule has 88 valence electrons. The summed E-state index contributed by atoms with van der Waals surface area (Å²) in [5.74, 6) is -0.968. The molecule has 1 heterocycles. The topological polar surface area (TPSA) is 62.7 Å². The Morgan fingerprint density at radius 3 is 3.00 bits per heavy atom. The second-order valence-electron chi connectivity index (χ2n) is 3.74. The number of carboxylic acids is 1. The molecule has 0 amide bonds. The highest BCUT2D eigenvalue weighted by atomic mass is 32.1. The van der Waals surface area contributed by atoms with Crippen LogP contribution in [0.2, 0.25) is 0 Å². The summed E-state index contributed by atoms with van der Waals surface area (Å²) in [5, 5.41) is 11.2. The quantitative estimate of drug-likeness (QED) is 0.818. The average Bonchev–Trinajstić information content (AvgIpc) is 2.96. The molecule has 1 fully saturated rings. The van der Waals surface area contributed by atoms with Gasteiger partial charge in [-0.2, -0.15) is 0 Å². The molecule has 0 saturated heterocycles. The van der Waals surface area contributed by atoms with Crippen molar-refractivity contribution >= 4 is 22.4 Å². The molecule has 1 aliphatic carbocycles. The van der Waals surface area contributed by atoms with Gasteiger partial charge in [-0.3, -0.25) is 0 Å². The minimum absolute atomic E-state index is 0.128. The van der Waals surface area contributed by atoms with E-state index in [0.717, 1.165) is 24.5 Å². The molecule has 6 heteroatoms. The zero-order valence-electron chi connectivity index (χ0n) is 9.05. The van der Waals surface area contributed by atoms with Gasteiger partial charge in [-0.25, -0.2) is 9.78 Å². The predicted molar refractivity (Wildman–Crippen MR) is 61.3 cm³/mol. The van der Waals surface area contributed by atoms with Crippen LogP contribution < -0.4 is 4.90 Å². The Bertz CT molecular complexity index is 376. The summed E-state index contributed by atoms with van der Waals surface area (Å²) in [6.07, 6.45) is 2.32. The van der Waals surface area contributed by atoms with Crippen LogP contribution in [-0.4, -0.2) is 42.4 Å². The lowest BCUT2D eigenvalue weighted by Crippen LogP contribution is -2.29. The van der Waals surface area contributed by atoms with Gasteiger partial charge < -0.3 is 14.7 Å². The van der Waals surface area contributed by atoms with Gasteiger partial charge in [0.05, 0.1) is 6.61 Å². The number of rotatable bonds is 6. The zero-order chi connectivity index (χ0) is 11.5. The number of hydrogen-bond donors (Lipinski definition) is 1. The highest BCUT2D eigenvalue weighted by molar-refractivity contribution is 7.13. The molecular weight excluding hydrogens is 228 g/mol. The summed E-state index contributed by atoms with van der Waals surface area (Å²) >= 11 is 1.38. The molecule has 1 aromatic heterocycles. The van der Waals surface area contributed by atoms with E-state index in [2.05, 4.69) is 9.88 Å². The molecule has 2 rings (SSSR count). The fourth-order valence-corrected chi connectivity index (χ4v) is 2.40. The monoisotopic (exact) mass is 242 g/mol. The van der Waals surface area contributed by atoms with Gasteiger partial charge in [0.25, 0.3) is 0 Å². The highest BCUT2D eigenvalue weighted by Gasteiger charge is 2.30. The first kappa shape index (κ1) is 11.3. The average molecular weight is 242 g/mol. The van der Waals surface area contributed by atoms with Crippen LogP contribution in [0.15, 0.2) is 5.38 Å². The van der Waals surface area contributed by atoms with Crippen LogP contribution in [0.5, 0.6) is 0 Å². The molecule has 0 aromatic carbocycles. The van der Waals surface area contributed by atoms with Crippen molar-refractivity contribution in [2.45, 2.75) is 18.9 Å². The summed E-state index contributed by atoms with van der Waals surface area (Å²) in [5.41, 5.74) is 0.128. The SMILES string of the molecule is COCCN(c1nc(C(=O)O)cs1)C1CC1. The van der Waals surface area contributed by atoms with E-state index in [1.165, 1.54) is 11.3 Å². The molecule has 1 saturated carbocycles. The summed E-state index contributed by atoms with van der Waals surface area (Å²) in [4.78, 5) is 17.0. The number of nitrogens with zero attached hydrogens (tertiary/aromatic N) is 2. The Balaban J connectivity index is 2.08. The fourth-order valence-electron chi connectivity index (χ4n) is 1.50. The van der Waals surface area contributed by atoms with Gasteiger partial charge in [-0.05, 0) is 12.8 Å². The molecule has 5 nitrogen and oxygen atoms in total. The summed E-state index contributed by atoms with van der Waals surface area (Å²) in [7, 11) is 1.66. The van der Waals surface area contributed by atoms with E-state index >= 15 is 0 Å². The lowest BCUT2D eigenvalue weighted by atomic mass is 10.5. The second kappa shape index (κ2) is 4.80. The maximum atomic E-state index is 10.7. The maximum Gasteiger partial charge on any atom is 0.355 e. The molecule has 0 aliphatic heterocycles. The van der Waals surface area contributed by atoms with Gasteiger partial charge in [-0.1, -0.05) is 0 Å². The smallest absolute Gasteiger partial charge is 0.355 e. The first-order valence-electron chi connectivity index (χ1n) is 5.16. The third-order valence-corrected chi connectivity index (χ3v) is 3.36. The van der Waals surface area contributed by atoms with Crippen LogP contribution in [0.25, 0.3) is 0 Å². The third kappa shape index (κ3) is 2.51. The summed E-state index contributed by atoms with van der Waals surface area (Å²) in [6, 6.07) is 0.517. The van der Waals surface area contributed by atoms with Gasteiger partial charge in [0.2, 0.25) is 0 Å². The van der Waals surface area contributed by atoms with Crippen LogP contribution in [0.3, 0.4) is 0 Å². The minimum Gasteiger partial charge on any atom is -0.476 e. The molecule has 1 aliphatic rings. The highest BCUT2D eigenvalue weighted by Crippen LogP contribution is 2.33. The first-order chi connectivity index (χ1) is 7.72. The number of anilines is 1. The van der Waals surface area contributed by atoms with Gasteiger partial charge >= 0.3 is 5.97 Å². The minimum atomic E-state index is -0.968. The van der Waals surface area contributed by atoms with Crippen molar-refractivity contribution in [3.63, 3.8) is 0 Å². The van der Waals surface area contributed by atoms with Crippen LogP contribution in [0.4, 0.5) is 5.13 Å². The number of methoxy groups -OCH3 is 1. The molecule has 0 bridgehead atoms. The first-order valence-corrected chi connectivity index (χ1v) is 6.04. The Morgan fingerprint density at radius 1 is 1.75 bits per heavy atom. The Kier molecular flexibility index (Phi) is 3.40. The zero-order valence-corrected chi connectivity index (χ0v) is 9.87. The second-order valence-corrected chi connectivity index (χ2v) is 4.57. The molecule has 16 heavy (non-hydrogen) atoms. The van der Waals surface area contributed by atoms with Crippen molar-refractivity contribution in [3.8, 4) is 0 Å². The molecule has 0 atom stereocenters. The van der Waals surface area contributed by atoms with Gasteiger partial charge in [0.15, 0.2) is 10.8 Å². The van der Waals surface area contributed by atoms with Crippen LogP contribution in [0.1, 0.15) is 23.3 Å². The number of carboxylic acid groups (broad SMARTS) is 1. The summed E-state index contributed by atoms with van der Waals surface area (Å²) in [6.45, 7) is 1.41. The van der Waals surface area contributed by atoms with E-state index in [1.807, 2.05) is 0 Å². The van der Waals surface area contributed by atoms with Crippen LogP contribution in [0, 0.1) is 0 Å². The van der Waals surface area contributed by atoms with E-state index in [0.29, 0.717) is 12.6 Å². The van der Waals surface area contributed by atoms with Crippen molar-refractivity contribution in [1.29, 1.82) is 0 Å². The molecule has 0 radical (unpaired) electrons. The van der Waals surface area contributed by atoms with Crippen molar-refractivity contribution in [2.75, 3.05) is 25.2 Å². The number of hydrogen-bond acceptors (Lipinski definition) is 5. The van der Waals surface area contributed by atoms with E-state index in [1.54, 1.807) is 12.5 Å². The lowest BCUT2D eigenvalue weighted by molar-refractivity contribution is 0.0691. The normalized spacial score (nSPS) is 15.1. The molecule has 0 spiro atoms.